The molecule has 3 heterocycles. The third kappa shape index (κ3) is 3.78. The molecule has 0 unspecified atom stereocenters. The summed E-state index contributed by atoms with van der Waals surface area (Å²) in [5, 5.41) is 1.11. The number of aromatic nitrogens is 2. The van der Waals surface area contributed by atoms with E-state index < -0.39 is 0 Å². The van der Waals surface area contributed by atoms with Crippen molar-refractivity contribution in [2.45, 2.75) is 39.0 Å². The number of ether oxygens (including phenoxy) is 1. The molecule has 2 aliphatic rings. The molecule has 0 radical (unpaired) electrons. The van der Waals surface area contributed by atoms with Gasteiger partial charge in [-0.25, -0.2) is 9.97 Å². The van der Waals surface area contributed by atoms with Gasteiger partial charge < -0.3 is 14.5 Å². The van der Waals surface area contributed by atoms with Gasteiger partial charge in [0.05, 0.1) is 18.3 Å². The summed E-state index contributed by atoms with van der Waals surface area (Å²) < 4.78 is 5.35. The van der Waals surface area contributed by atoms with Crippen molar-refractivity contribution in [3.63, 3.8) is 0 Å². The quantitative estimate of drug-likeness (QED) is 0.820. The highest BCUT2D eigenvalue weighted by Gasteiger charge is 2.23. The number of piperidine rings is 1. The largest absolute Gasteiger partial charge is 0.497 e. The minimum absolute atomic E-state index is 0.849. The number of hydrogen-bond acceptors (Lipinski definition) is 5. The molecule has 2 saturated heterocycles. The number of methoxy groups -OCH3 is 1. The number of likely N-dealkylation sites (tertiary alicyclic amines) is 1. The summed E-state index contributed by atoms with van der Waals surface area (Å²) in [6.45, 7) is 8.12. The van der Waals surface area contributed by atoms with Crippen LogP contribution >= 0.6 is 0 Å². The molecule has 2 aromatic rings. The first-order valence-corrected chi connectivity index (χ1v) is 10.0. The van der Waals surface area contributed by atoms with Crippen LogP contribution in [-0.2, 0) is 0 Å². The molecule has 1 aromatic heterocycles. The Bertz CT molecular complexity index is 749. The monoisotopic (exact) mass is 354 g/mol. The van der Waals surface area contributed by atoms with Crippen molar-refractivity contribution in [2.24, 2.45) is 5.92 Å². The Morgan fingerprint density at radius 3 is 2.58 bits per heavy atom. The fourth-order valence-electron chi connectivity index (χ4n) is 4.31. The highest BCUT2D eigenvalue weighted by molar-refractivity contribution is 5.83. The third-order valence-electron chi connectivity index (χ3n) is 6.03. The number of rotatable bonds is 5. The maximum Gasteiger partial charge on any atom is 0.226 e. The summed E-state index contributed by atoms with van der Waals surface area (Å²) in [6.07, 6.45) is 6.64. The molecule has 0 bridgehead atoms. The minimum Gasteiger partial charge on any atom is -0.497 e. The Balaban J connectivity index is 1.40. The van der Waals surface area contributed by atoms with Crippen LogP contribution in [0.2, 0.25) is 0 Å². The number of fused-ring (bicyclic) bond motifs is 1. The Hall–Kier alpha value is -1.88. The number of hydrogen-bond donors (Lipinski definition) is 0. The summed E-state index contributed by atoms with van der Waals surface area (Å²) in [5.41, 5.74) is 2.02. The van der Waals surface area contributed by atoms with Gasteiger partial charge >= 0.3 is 0 Å². The number of anilines is 1. The van der Waals surface area contributed by atoms with Crippen LogP contribution in [0.5, 0.6) is 5.75 Å². The van der Waals surface area contributed by atoms with Crippen LogP contribution in [-0.4, -0.2) is 54.7 Å². The van der Waals surface area contributed by atoms with E-state index in [1.54, 1.807) is 7.11 Å². The van der Waals surface area contributed by atoms with Gasteiger partial charge in [-0.3, -0.25) is 0 Å². The van der Waals surface area contributed by atoms with Gasteiger partial charge in [-0.1, -0.05) is 0 Å². The van der Waals surface area contributed by atoms with E-state index in [-0.39, 0.29) is 0 Å². The standard InChI is InChI=1S/C21H30N4O/c1-16-19-6-5-18(26-2)15-20(19)23-21(22-16)25-13-8-17(9-14-25)7-12-24-10-3-4-11-24/h5-6,15,17H,3-4,7-14H2,1-2H3. The number of aryl methyl sites for hydroxylation is 1. The molecule has 0 N–H and O–H groups in total. The van der Waals surface area contributed by atoms with Crippen molar-refractivity contribution in [3.05, 3.63) is 23.9 Å². The molecule has 5 nitrogen and oxygen atoms in total. The Labute approximate surface area is 156 Å². The highest BCUT2D eigenvalue weighted by atomic mass is 16.5. The lowest BCUT2D eigenvalue weighted by atomic mass is 9.93. The van der Waals surface area contributed by atoms with Crippen LogP contribution < -0.4 is 9.64 Å². The SMILES string of the molecule is COc1ccc2c(C)nc(N3CCC(CCN4CCCC4)CC3)nc2c1. The third-order valence-corrected chi connectivity index (χ3v) is 6.03. The van der Waals surface area contributed by atoms with Crippen molar-refractivity contribution in [2.75, 3.05) is 44.7 Å². The number of nitrogens with zero attached hydrogens (tertiary/aromatic N) is 4. The highest BCUT2D eigenvalue weighted by Crippen LogP contribution is 2.27. The molecule has 0 amide bonds. The second-order valence-electron chi connectivity index (χ2n) is 7.76. The fourth-order valence-corrected chi connectivity index (χ4v) is 4.31. The summed E-state index contributed by atoms with van der Waals surface area (Å²) in [5.74, 6) is 2.58. The maximum atomic E-state index is 5.35. The predicted octanol–water partition coefficient (Wildman–Crippen LogP) is 3.65. The zero-order chi connectivity index (χ0) is 17.9. The Kier molecular flexibility index (Phi) is 5.25. The predicted molar refractivity (Wildman–Crippen MR) is 106 cm³/mol. The average molecular weight is 354 g/mol. The van der Waals surface area contributed by atoms with Crippen molar-refractivity contribution < 1.29 is 4.74 Å². The summed E-state index contributed by atoms with van der Waals surface area (Å²) in [6, 6.07) is 6.04. The molecule has 4 rings (SSSR count). The summed E-state index contributed by atoms with van der Waals surface area (Å²) in [7, 11) is 1.70. The van der Waals surface area contributed by atoms with Gasteiger partial charge in [-0.05, 0) is 76.7 Å². The van der Waals surface area contributed by atoms with Crippen LogP contribution in [0.15, 0.2) is 18.2 Å². The van der Waals surface area contributed by atoms with Crippen LogP contribution in [0.25, 0.3) is 10.9 Å². The number of benzene rings is 1. The molecule has 26 heavy (non-hydrogen) atoms. The molecule has 1 aromatic carbocycles. The second-order valence-corrected chi connectivity index (χ2v) is 7.76. The molecule has 0 spiro atoms. The molecule has 5 heteroatoms. The Morgan fingerprint density at radius 1 is 1.08 bits per heavy atom. The van der Waals surface area contributed by atoms with Crippen LogP contribution in [0.1, 0.15) is 37.8 Å². The van der Waals surface area contributed by atoms with E-state index in [4.69, 9.17) is 14.7 Å². The fraction of sp³-hybridized carbons (Fsp3) is 0.619. The lowest BCUT2D eigenvalue weighted by molar-refractivity contribution is 0.279. The van der Waals surface area contributed by atoms with E-state index in [0.29, 0.717) is 0 Å². The van der Waals surface area contributed by atoms with Crippen molar-refractivity contribution in [3.8, 4) is 5.75 Å². The molecule has 0 aliphatic carbocycles. The second kappa shape index (κ2) is 7.78. The molecule has 0 atom stereocenters. The Morgan fingerprint density at radius 2 is 1.85 bits per heavy atom. The van der Waals surface area contributed by atoms with Gasteiger partial charge in [0.15, 0.2) is 0 Å². The van der Waals surface area contributed by atoms with Crippen LogP contribution in [0, 0.1) is 12.8 Å². The lowest BCUT2D eigenvalue weighted by Crippen LogP contribution is -2.36. The van der Waals surface area contributed by atoms with Gasteiger partial charge in [0.1, 0.15) is 5.75 Å². The van der Waals surface area contributed by atoms with E-state index in [2.05, 4.69) is 22.8 Å². The van der Waals surface area contributed by atoms with E-state index in [1.165, 1.54) is 51.7 Å². The first kappa shape index (κ1) is 17.5. The topological polar surface area (TPSA) is 41.5 Å². The molecule has 2 fully saturated rings. The summed E-state index contributed by atoms with van der Waals surface area (Å²) in [4.78, 5) is 14.6. The van der Waals surface area contributed by atoms with Gasteiger partial charge in [-0.2, -0.15) is 0 Å². The molecule has 2 aliphatic heterocycles. The smallest absolute Gasteiger partial charge is 0.226 e. The first-order valence-electron chi connectivity index (χ1n) is 10.0. The van der Waals surface area contributed by atoms with E-state index in [0.717, 1.165) is 47.3 Å². The van der Waals surface area contributed by atoms with Gasteiger partial charge in [0.25, 0.3) is 0 Å². The normalized spacial score (nSPS) is 19.4. The van der Waals surface area contributed by atoms with E-state index in [9.17, 15) is 0 Å². The average Bonchev–Trinajstić information content (AvgIpc) is 3.20. The molecule has 140 valence electrons. The molecular weight excluding hydrogens is 324 g/mol. The van der Waals surface area contributed by atoms with Crippen molar-refractivity contribution in [1.82, 2.24) is 14.9 Å². The summed E-state index contributed by atoms with van der Waals surface area (Å²) >= 11 is 0. The van der Waals surface area contributed by atoms with Crippen molar-refractivity contribution >= 4 is 16.9 Å². The molecule has 0 saturated carbocycles. The van der Waals surface area contributed by atoms with Gasteiger partial charge in [0.2, 0.25) is 5.95 Å². The van der Waals surface area contributed by atoms with Crippen LogP contribution in [0.3, 0.4) is 0 Å². The van der Waals surface area contributed by atoms with Crippen LogP contribution in [0.4, 0.5) is 5.95 Å². The lowest BCUT2D eigenvalue weighted by Gasteiger charge is -2.33. The molecular formula is C21H30N4O. The minimum atomic E-state index is 0.849. The van der Waals surface area contributed by atoms with Gasteiger partial charge in [0, 0.05) is 24.5 Å². The zero-order valence-electron chi connectivity index (χ0n) is 16.1. The van der Waals surface area contributed by atoms with E-state index >= 15 is 0 Å². The maximum absolute atomic E-state index is 5.35. The van der Waals surface area contributed by atoms with E-state index in [1.807, 2.05) is 12.1 Å². The van der Waals surface area contributed by atoms with Gasteiger partial charge in [-0.15, -0.1) is 0 Å². The first-order chi connectivity index (χ1) is 12.7. The zero-order valence-corrected chi connectivity index (χ0v) is 16.1. The van der Waals surface area contributed by atoms with Crippen molar-refractivity contribution in [1.29, 1.82) is 0 Å².